The number of carbonyl (C=O) groups excluding carboxylic acids is 3. The Kier molecular flexibility index (Phi) is 6.30. The second kappa shape index (κ2) is 8.20. The normalized spacial score (nSPS) is 10.0. The fourth-order valence-electron chi connectivity index (χ4n) is 1.33. The van der Waals surface area contributed by atoms with Gasteiger partial charge in [0.25, 0.3) is 11.8 Å². The van der Waals surface area contributed by atoms with Crippen LogP contribution in [0.4, 0.5) is 5.69 Å². The van der Waals surface area contributed by atoms with Gasteiger partial charge in [0, 0.05) is 29.8 Å². The Morgan fingerprint density at radius 1 is 1.05 bits per heavy atom. The molecule has 3 amide bonds. The van der Waals surface area contributed by atoms with Gasteiger partial charge in [0.05, 0.1) is 0 Å². The molecule has 116 valence electrons. The largest absolute Gasteiger partial charge is 0.478 e. The van der Waals surface area contributed by atoms with Gasteiger partial charge in [-0.3, -0.25) is 25.2 Å². The smallest absolute Gasteiger partial charge is 0.328 e. The second-order valence-electron chi connectivity index (χ2n) is 4.09. The maximum Gasteiger partial charge on any atom is 0.328 e. The minimum absolute atomic E-state index is 0.144. The third-order valence-corrected chi connectivity index (χ3v) is 2.43. The first-order valence-electron chi connectivity index (χ1n) is 6.33. The van der Waals surface area contributed by atoms with E-state index in [1.165, 1.54) is 12.1 Å². The van der Waals surface area contributed by atoms with Crippen LogP contribution in [0.3, 0.4) is 0 Å². The van der Waals surface area contributed by atoms with E-state index in [2.05, 4.69) is 10.7 Å². The van der Waals surface area contributed by atoms with Crippen LogP contribution in [0, 0.1) is 0 Å². The number of carbonyl (C=O) groups is 4. The zero-order chi connectivity index (χ0) is 16.5. The molecule has 0 aromatic heterocycles. The lowest BCUT2D eigenvalue weighted by Crippen LogP contribution is -2.40. The fraction of sp³-hybridized carbons (Fsp3) is 0.143. The first kappa shape index (κ1) is 16.9. The summed E-state index contributed by atoms with van der Waals surface area (Å²) in [6.45, 7) is 1.72. The summed E-state index contributed by atoms with van der Waals surface area (Å²) in [5.41, 5.74) is 4.97. The molecule has 4 N–H and O–H groups in total. The van der Waals surface area contributed by atoms with Crippen molar-refractivity contribution in [1.82, 2.24) is 10.9 Å². The molecule has 8 nitrogen and oxygen atoms in total. The van der Waals surface area contributed by atoms with Crippen LogP contribution in [-0.2, 0) is 14.4 Å². The molecule has 1 rings (SSSR count). The molecule has 0 atom stereocenters. The summed E-state index contributed by atoms with van der Waals surface area (Å²) >= 11 is 0. The summed E-state index contributed by atoms with van der Waals surface area (Å²) in [5, 5.41) is 11.0. The Balaban J connectivity index is 2.54. The molecular weight excluding hydrogens is 290 g/mol. The van der Waals surface area contributed by atoms with Crippen LogP contribution in [0.1, 0.15) is 23.7 Å². The van der Waals surface area contributed by atoms with Crippen molar-refractivity contribution in [3.8, 4) is 0 Å². The van der Waals surface area contributed by atoms with Gasteiger partial charge in [-0.15, -0.1) is 0 Å². The first-order chi connectivity index (χ1) is 10.4. The molecule has 0 unspecified atom stereocenters. The van der Waals surface area contributed by atoms with Gasteiger partial charge in [0.1, 0.15) is 0 Å². The van der Waals surface area contributed by atoms with Crippen LogP contribution in [0.15, 0.2) is 36.4 Å². The van der Waals surface area contributed by atoms with E-state index >= 15 is 0 Å². The number of hydrazine groups is 1. The molecular formula is C14H15N3O5. The van der Waals surface area contributed by atoms with Gasteiger partial charge in [-0.2, -0.15) is 0 Å². The van der Waals surface area contributed by atoms with Crippen LogP contribution in [0.25, 0.3) is 0 Å². The highest BCUT2D eigenvalue weighted by atomic mass is 16.4. The van der Waals surface area contributed by atoms with Crippen molar-refractivity contribution in [1.29, 1.82) is 0 Å². The SMILES string of the molecule is CCC(=O)Nc1ccc(C(=O)NNC(=O)/C=C/C(=O)O)cc1. The summed E-state index contributed by atoms with van der Waals surface area (Å²) in [5.74, 6) is -2.77. The van der Waals surface area contributed by atoms with Crippen molar-refractivity contribution in [2.75, 3.05) is 5.32 Å². The van der Waals surface area contributed by atoms with Crippen molar-refractivity contribution < 1.29 is 24.3 Å². The van der Waals surface area contributed by atoms with Crippen molar-refractivity contribution in [3.63, 3.8) is 0 Å². The number of anilines is 1. The summed E-state index contributed by atoms with van der Waals surface area (Å²) in [6, 6.07) is 6.04. The molecule has 0 radical (unpaired) electrons. The predicted octanol–water partition coefficient (Wildman–Crippen LogP) is 0.437. The van der Waals surface area contributed by atoms with E-state index in [1.807, 2.05) is 5.43 Å². The van der Waals surface area contributed by atoms with Crippen LogP contribution in [0.5, 0.6) is 0 Å². The molecule has 1 aromatic carbocycles. The zero-order valence-corrected chi connectivity index (χ0v) is 11.8. The number of aliphatic carboxylic acids is 1. The van der Waals surface area contributed by atoms with Crippen LogP contribution < -0.4 is 16.2 Å². The van der Waals surface area contributed by atoms with Gasteiger partial charge in [0.15, 0.2) is 0 Å². The lowest BCUT2D eigenvalue weighted by molar-refractivity contribution is -0.131. The number of carboxylic acids is 1. The van der Waals surface area contributed by atoms with Gasteiger partial charge in [-0.1, -0.05) is 6.92 Å². The Hall–Kier alpha value is -3.16. The standard InChI is InChI=1S/C14H15N3O5/c1-2-11(18)15-10-5-3-9(4-6-10)14(22)17-16-12(19)7-8-13(20)21/h3-8H,2H2,1H3,(H,15,18)(H,16,19)(H,17,22)(H,20,21)/b8-7+. The summed E-state index contributed by atoms with van der Waals surface area (Å²) in [7, 11) is 0. The fourth-order valence-corrected chi connectivity index (χ4v) is 1.33. The third-order valence-electron chi connectivity index (χ3n) is 2.43. The number of hydrogen-bond acceptors (Lipinski definition) is 4. The molecule has 0 heterocycles. The topological polar surface area (TPSA) is 125 Å². The highest BCUT2D eigenvalue weighted by Crippen LogP contribution is 2.09. The van der Waals surface area contributed by atoms with Crippen LogP contribution in [-0.4, -0.2) is 28.8 Å². The molecule has 0 fully saturated rings. The van der Waals surface area contributed by atoms with Gasteiger partial charge in [-0.05, 0) is 24.3 Å². The lowest BCUT2D eigenvalue weighted by atomic mass is 10.2. The highest BCUT2D eigenvalue weighted by Gasteiger charge is 2.07. The van der Waals surface area contributed by atoms with Crippen molar-refractivity contribution in [2.45, 2.75) is 13.3 Å². The van der Waals surface area contributed by atoms with Crippen LogP contribution >= 0.6 is 0 Å². The van der Waals surface area contributed by atoms with Gasteiger partial charge >= 0.3 is 5.97 Å². The lowest BCUT2D eigenvalue weighted by Gasteiger charge is -2.07. The van der Waals surface area contributed by atoms with E-state index in [4.69, 9.17) is 5.11 Å². The predicted molar refractivity (Wildman–Crippen MR) is 77.7 cm³/mol. The van der Waals surface area contributed by atoms with Crippen LogP contribution in [0.2, 0.25) is 0 Å². The average molecular weight is 305 g/mol. The van der Waals surface area contributed by atoms with E-state index in [0.29, 0.717) is 18.2 Å². The molecule has 0 bridgehead atoms. The first-order valence-corrected chi connectivity index (χ1v) is 6.33. The molecule has 0 saturated carbocycles. The molecule has 8 heteroatoms. The van der Waals surface area contributed by atoms with E-state index < -0.39 is 17.8 Å². The molecule has 0 aliphatic rings. The Morgan fingerprint density at radius 3 is 2.23 bits per heavy atom. The number of rotatable bonds is 5. The van der Waals surface area contributed by atoms with E-state index in [0.717, 1.165) is 6.08 Å². The minimum atomic E-state index is -1.27. The zero-order valence-electron chi connectivity index (χ0n) is 11.8. The monoisotopic (exact) mass is 305 g/mol. The van der Waals surface area contributed by atoms with Gasteiger partial charge in [0.2, 0.25) is 5.91 Å². The molecule has 0 spiro atoms. The number of carboxylic acid groups (broad SMARTS) is 1. The van der Waals surface area contributed by atoms with E-state index in [9.17, 15) is 19.2 Å². The number of amides is 3. The Labute approximate surface area is 126 Å². The Morgan fingerprint density at radius 2 is 1.68 bits per heavy atom. The van der Waals surface area contributed by atoms with E-state index in [1.54, 1.807) is 19.1 Å². The summed E-state index contributed by atoms with van der Waals surface area (Å²) in [4.78, 5) is 44.3. The number of hydrogen-bond donors (Lipinski definition) is 4. The third kappa shape index (κ3) is 5.87. The van der Waals surface area contributed by atoms with Crippen molar-refractivity contribution in [3.05, 3.63) is 42.0 Å². The summed E-state index contributed by atoms with van der Waals surface area (Å²) < 4.78 is 0. The van der Waals surface area contributed by atoms with Crippen molar-refractivity contribution >= 4 is 29.4 Å². The molecule has 0 aliphatic carbocycles. The number of nitrogens with one attached hydrogen (secondary N) is 3. The number of benzene rings is 1. The quantitative estimate of drug-likeness (QED) is 0.464. The molecule has 0 aliphatic heterocycles. The maximum atomic E-state index is 11.7. The average Bonchev–Trinajstić information content (AvgIpc) is 2.51. The summed E-state index contributed by atoms with van der Waals surface area (Å²) in [6.07, 6.45) is 1.76. The molecule has 22 heavy (non-hydrogen) atoms. The van der Waals surface area contributed by atoms with Gasteiger partial charge in [-0.25, -0.2) is 4.79 Å². The van der Waals surface area contributed by atoms with Crippen molar-refractivity contribution in [2.24, 2.45) is 0 Å². The maximum absolute atomic E-state index is 11.7. The van der Waals surface area contributed by atoms with Gasteiger partial charge < -0.3 is 10.4 Å². The minimum Gasteiger partial charge on any atom is -0.478 e. The second-order valence-corrected chi connectivity index (χ2v) is 4.09. The Bertz CT molecular complexity index is 607. The van der Waals surface area contributed by atoms with E-state index in [-0.39, 0.29) is 11.5 Å². The molecule has 0 saturated heterocycles. The molecule has 1 aromatic rings. The highest BCUT2D eigenvalue weighted by molar-refractivity contribution is 5.99.